The largest absolute Gasteiger partial charge is 0.321 e. The molecule has 0 spiro atoms. The molecule has 0 amide bonds. The van der Waals surface area contributed by atoms with Crippen LogP contribution in [0.4, 0.5) is 0 Å². The van der Waals surface area contributed by atoms with E-state index in [2.05, 4.69) is 11.3 Å². The first-order chi connectivity index (χ1) is 10.3. The molecule has 22 heavy (non-hydrogen) atoms. The summed E-state index contributed by atoms with van der Waals surface area (Å²) < 4.78 is 26.9. The lowest BCUT2D eigenvalue weighted by molar-refractivity contribution is 0.589. The third-order valence-electron chi connectivity index (χ3n) is 3.69. The summed E-state index contributed by atoms with van der Waals surface area (Å²) in [4.78, 5) is 0.218. The minimum Gasteiger partial charge on any atom is -0.321 e. The molecule has 3 N–H and O–H groups in total. The van der Waals surface area contributed by atoms with Crippen LogP contribution in [0.15, 0.2) is 53.1 Å². The molecule has 0 heterocycles. The summed E-state index contributed by atoms with van der Waals surface area (Å²) in [6.07, 6.45) is 3.71. The van der Waals surface area contributed by atoms with Crippen molar-refractivity contribution in [3.63, 3.8) is 0 Å². The van der Waals surface area contributed by atoms with Gasteiger partial charge < -0.3 is 5.73 Å². The number of sulfonamides is 1. The van der Waals surface area contributed by atoms with E-state index in [9.17, 15) is 8.42 Å². The fourth-order valence-corrected chi connectivity index (χ4v) is 2.96. The molecule has 122 valence electrons. The van der Waals surface area contributed by atoms with Crippen molar-refractivity contribution in [1.82, 2.24) is 4.72 Å². The first kappa shape index (κ1) is 18.5. The molecule has 1 aliphatic carbocycles. The average molecular weight is 322 g/mol. The van der Waals surface area contributed by atoms with Crippen LogP contribution in [0.25, 0.3) is 0 Å². The number of hydrogen-bond donors (Lipinski definition) is 2. The van der Waals surface area contributed by atoms with Crippen LogP contribution in [0.1, 0.15) is 46.1 Å². The van der Waals surface area contributed by atoms with E-state index in [-0.39, 0.29) is 10.4 Å². The molecule has 1 fully saturated rings. The fraction of sp³-hybridized carbons (Fsp3) is 0.412. The summed E-state index contributed by atoms with van der Waals surface area (Å²) in [5.41, 5.74) is 7.99. The number of allylic oxidation sites excluding steroid dienone is 2. The SMILES string of the molecule is C=C(NS(=O)(=O)c1ccc(C2(N)CC2)cc1)/C(C)=C/C.CC. The molecular formula is C17H26N2O2S. The highest BCUT2D eigenvalue weighted by Crippen LogP contribution is 2.42. The van der Waals surface area contributed by atoms with Gasteiger partial charge in [0.05, 0.1) is 4.90 Å². The maximum atomic E-state index is 12.2. The van der Waals surface area contributed by atoms with Crippen LogP contribution in [-0.2, 0) is 15.6 Å². The molecule has 5 heteroatoms. The van der Waals surface area contributed by atoms with Crippen molar-refractivity contribution in [3.8, 4) is 0 Å². The van der Waals surface area contributed by atoms with Crippen LogP contribution in [0, 0.1) is 0 Å². The Hall–Kier alpha value is -1.59. The number of rotatable bonds is 5. The highest BCUT2D eigenvalue weighted by Gasteiger charge is 2.39. The van der Waals surface area contributed by atoms with E-state index in [1.807, 2.05) is 20.8 Å². The third kappa shape index (κ3) is 4.21. The van der Waals surface area contributed by atoms with Crippen molar-refractivity contribution in [2.45, 2.75) is 51.0 Å². The molecule has 0 atom stereocenters. The average Bonchev–Trinajstić information content (AvgIpc) is 3.27. The molecule has 0 saturated heterocycles. The zero-order valence-electron chi connectivity index (χ0n) is 13.8. The zero-order chi connectivity index (χ0) is 17.0. The molecule has 1 aromatic carbocycles. The third-order valence-corrected chi connectivity index (χ3v) is 5.10. The lowest BCUT2D eigenvalue weighted by Crippen LogP contribution is -2.24. The minimum atomic E-state index is -3.59. The first-order valence-corrected chi connectivity index (χ1v) is 9.01. The van der Waals surface area contributed by atoms with Crippen LogP contribution in [0.5, 0.6) is 0 Å². The molecule has 0 bridgehead atoms. The monoisotopic (exact) mass is 322 g/mol. The summed E-state index contributed by atoms with van der Waals surface area (Å²) in [5.74, 6) is 0. The maximum Gasteiger partial charge on any atom is 0.261 e. The van der Waals surface area contributed by atoms with E-state index in [1.165, 1.54) is 0 Å². The highest BCUT2D eigenvalue weighted by molar-refractivity contribution is 7.89. The van der Waals surface area contributed by atoms with Gasteiger partial charge >= 0.3 is 0 Å². The van der Waals surface area contributed by atoms with Gasteiger partial charge in [0.1, 0.15) is 0 Å². The molecule has 0 unspecified atom stereocenters. The predicted molar refractivity (Wildman–Crippen MR) is 91.8 cm³/mol. The molecule has 1 saturated carbocycles. The summed E-state index contributed by atoms with van der Waals surface area (Å²) in [6, 6.07) is 6.74. The van der Waals surface area contributed by atoms with Crippen LogP contribution in [0.2, 0.25) is 0 Å². The predicted octanol–water partition coefficient (Wildman–Crippen LogP) is 3.42. The highest BCUT2D eigenvalue weighted by atomic mass is 32.2. The second-order valence-corrected chi connectivity index (χ2v) is 6.92. The molecule has 1 aromatic rings. The van der Waals surface area contributed by atoms with Gasteiger partial charge in [-0.2, -0.15) is 0 Å². The summed E-state index contributed by atoms with van der Waals surface area (Å²) in [6.45, 7) is 11.4. The number of nitrogens with two attached hydrogens (primary N) is 1. The summed E-state index contributed by atoms with van der Waals surface area (Å²) >= 11 is 0. The molecule has 0 aliphatic heterocycles. The Morgan fingerprint density at radius 3 is 2.18 bits per heavy atom. The van der Waals surface area contributed by atoms with E-state index in [1.54, 1.807) is 37.3 Å². The Balaban J connectivity index is 0.00000116. The molecule has 0 radical (unpaired) electrons. The van der Waals surface area contributed by atoms with E-state index < -0.39 is 10.0 Å². The second kappa shape index (κ2) is 7.11. The van der Waals surface area contributed by atoms with Crippen molar-refractivity contribution in [1.29, 1.82) is 0 Å². The normalized spacial score (nSPS) is 16.3. The quantitative estimate of drug-likeness (QED) is 0.816. The molecule has 1 aliphatic rings. The second-order valence-electron chi connectivity index (χ2n) is 5.24. The Morgan fingerprint density at radius 2 is 1.77 bits per heavy atom. The maximum absolute atomic E-state index is 12.2. The minimum absolute atomic E-state index is 0.218. The molecular weight excluding hydrogens is 296 g/mol. The van der Waals surface area contributed by atoms with Crippen molar-refractivity contribution in [3.05, 3.63) is 53.8 Å². The fourth-order valence-electron chi connectivity index (χ4n) is 1.87. The van der Waals surface area contributed by atoms with E-state index in [4.69, 9.17) is 5.73 Å². The van der Waals surface area contributed by atoms with E-state index >= 15 is 0 Å². The Bertz CT molecular complexity index is 654. The van der Waals surface area contributed by atoms with Crippen molar-refractivity contribution in [2.24, 2.45) is 5.73 Å². The molecule has 4 nitrogen and oxygen atoms in total. The Morgan fingerprint density at radius 1 is 1.27 bits per heavy atom. The molecule has 2 rings (SSSR count). The van der Waals surface area contributed by atoms with E-state index in [0.717, 1.165) is 24.0 Å². The van der Waals surface area contributed by atoms with Gasteiger partial charge in [0.15, 0.2) is 0 Å². The van der Waals surface area contributed by atoms with Crippen molar-refractivity contribution < 1.29 is 8.42 Å². The lowest BCUT2D eigenvalue weighted by Gasteiger charge is -2.13. The summed E-state index contributed by atoms with van der Waals surface area (Å²) in [5, 5.41) is 0. The van der Waals surface area contributed by atoms with Gasteiger partial charge in [-0.25, -0.2) is 8.42 Å². The van der Waals surface area contributed by atoms with Crippen molar-refractivity contribution >= 4 is 10.0 Å². The van der Waals surface area contributed by atoms with Gasteiger partial charge in [-0.05, 0) is 50.0 Å². The van der Waals surface area contributed by atoms with Crippen LogP contribution in [0.3, 0.4) is 0 Å². The van der Waals surface area contributed by atoms with Gasteiger partial charge in [0.25, 0.3) is 10.0 Å². The van der Waals surface area contributed by atoms with Crippen LogP contribution in [-0.4, -0.2) is 8.42 Å². The standard InChI is InChI=1S/C15H20N2O2S.C2H6/c1-4-11(2)12(3)17-20(18,19)14-7-5-13(6-8-14)15(16)9-10-15;1-2/h4-8,17H,3,9-10,16H2,1-2H3;1-2H3/b11-4+;. The van der Waals surface area contributed by atoms with Gasteiger partial charge in [0, 0.05) is 11.2 Å². The van der Waals surface area contributed by atoms with Gasteiger partial charge in [-0.1, -0.05) is 38.6 Å². The lowest BCUT2D eigenvalue weighted by atomic mass is 10.1. The Kier molecular flexibility index (Phi) is 5.97. The number of hydrogen-bond acceptors (Lipinski definition) is 3. The first-order valence-electron chi connectivity index (χ1n) is 7.53. The van der Waals surface area contributed by atoms with Gasteiger partial charge in [-0.15, -0.1) is 0 Å². The smallest absolute Gasteiger partial charge is 0.261 e. The number of benzene rings is 1. The topological polar surface area (TPSA) is 72.2 Å². The van der Waals surface area contributed by atoms with Crippen LogP contribution >= 0.6 is 0 Å². The van der Waals surface area contributed by atoms with Gasteiger partial charge in [-0.3, -0.25) is 4.72 Å². The summed E-state index contributed by atoms with van der Waals surface area (Å²) in [7, 11) is -3.59. The van der Waals surface area contributed by atoms with E-state index in [0.29, 0.717) is 5.70 Å². The molecule has 0 aromatic heterocycles. The Labute approximate surface area is 134 Å². The van der Waals surface area contributed by atoms with Crippen LogP contribution < -0.4 is 10.5 Å². The zero-order valence-corrected chi connectivity index (χ0v) is 14.6. The number of nitrogens with one attached hydrogen (secondary N) is 1. The van der Waals surface area contributed by atoms with Gasteiger partial charge in [0.2, 0.25) is 0 Å². The van der Waals surface area contributed by atoms with Crippen molar-refractivity contribution in [2.75, 3.05) is 0 Å².